The largest absolute Gasteiger partial charge is 0.351 e. The van der Waals surface area contributed by atoms with Crippen molar-refractivity contribution < 1.29 is 14.1 Å². The minimum Gasteiger partial charge on any atom is -0.351 e. The summed E-state index contributed by atoms with van der Waals surface area (Å²) in [6.45, 7) is 1.22. The van der Waals surface area contributed by atoms with E-state index in [-0.39, 0.29) is 29.0 Å². The summed E-state index contributed by atoms with van der Waals surface area (Å²) in [7, 11) is 1.88. The van der Waals surface area contributed by atoms with E-state index in [1.54, 1.807) is 23.4 Å². The molecule has 0 aromatic carbocycles. The maximum absolute atomic E-state index is 12.8. The lowest BCUT2D eigenvalue weighted by Gasteiger charge is -2.43. The van der Waals surface area contributed by atoms with Gasteiger partial charge in [0.05, 0.1) is 12.1 Å². The van der Waals surface area contributed by atoms with Gasteiger partial charge in [-0.1, -0.05) is 11.2 Å². The number of amides is 2. The highest BCUT2D eigenvalue weighted by Crippen LogP contribution is 2.44. The van der Waals surface area contributed by atoms with Gasteiger partial charge in [0.15, 0.2) is 0 Å². The van der Waals surface area contributed by atoms with Crippen molar-refractivity contribution in [2.45, 2.75) is 30.7 Å². The second-order valence-corrected chi connectivity index (χ2v) is 6.83. The minimum atomic E-state index is -0.185. The van der Waals surface area contributed by atoms with Crippen molar-refractivity contribution in [3.8, 4) is 0 Å². The third kappa shape index (κ3) is 2.59. The Bertz CT molecular complexity index is 767. The highest BCUT2D eigenvalue weighted by atomic mass is 16.5. The van der Waals surface area contributed by atoms with Gasteiger partial charge in [0.1, 0.15) is 0 Å². The number of hydrogen-bond donors (Lipinski definition) is 0. The van der Waals surface area contributed by atoms with Gasteiger partial charge in [0.25, 0.3) is 5.91 Å². The number of likely N-dealkylation sites (tertiary alicyclic amines) is 2. The molecule has 0 aliphatic carbocycles. The highest BCUT2D eigenvalue weighted by molar-refractivity contribution is 5.91. The van der Waals surface area contributed by atoms with Crippen molar-refractivity contribution >= 4 is 11.8 Å². The summed E-state index contributed by atoms with van der Waals surface area (Å²) in [6, 6.07) is 5.41. The Morgan fingerprint density at radius 3 is 2.72 bits per heavy atom. The number of hydrogen-bond acceptors (Lipinski definition) is 5. The Balaban J connectivity index is 1.49. The van der Waals surface area contributed by atoms with E-state index in [1.807, 2.05) is 24.1 Å². The molecule has 0 saturated carbocycles. The van der Waals surface area contributed by atoms with E-state index in [0.29, 0.717) is 13.1 Å². The smallest absolute Gasteiger partial charge is 0.292 e. The second kappa shape index (κ2) is 5.98. The molecule has 7 heteroatoms. The van der Waals surface area contributed by atoms with E-state index in [1.165, 1.54) is 6.20 Å². The van der Waals surface area contributed by atoms with Crippen LogP contribution in [0.3, 0.4) is 0 Å². The molecule has 2 fully saturated rings. The standard InChI is InChI=1S/C18H20N4O3/c1-21-16(23)14(13-3-2-7-19-12-13)11-18(21)5-9-22(10-6-18)17(24)15-4-8-20-25-15/h2-4,7-8,12,14H,5-6,9-11H2,1H3. The molecule has 25 heavy (non-hydrogen) atoms. The average Bonchev–Trinajstić information content (AvgIpc) is 3.27. The van der Waals surface area contributed by atoms with Crippen LogP contribution in [0.2, 0.25) is 0 Å². The van der Waals surface area contributed by atoms with Gasteiger partial charge >= 0.3 is 0 Å². The third-order valence-corrected chi connectivity index (χ3v) is 5.64. The fraction of sp³-hybridized carbons (Fsp3) is 0.444. The van der Waals surface area contributed by atoms with E-state index in [0.717, 1.165) is 24.8 Å². The molecule has 0 radical (unpaired) electrons. The maximum Gasteiger partial charge on any atom is 0.292 e. The lowest BCUT2D eigenvalue weighted by atomic mass is 9.81. The lowest BCUT2D eigenvalue weighted by molar-refractivity contribution is -0.131. The summed E-state index contributed by atoms with van der Waals surface area (Å²) in [4.78, 5) is 33.0. The number of carbonyl (C=O) groups excluding carboxylic acids is 2. The molecule has 2 aliphatic heterocycles. The van der Waals surface area contributed by atoms with Crippen molar-refractivity contribution in [3.05, 3.63) is 48.1 Å². The monoisotopic (exact) mass is 340 g/mol. The van der Waals surface area contributed by atoms with Gasteiger partial charge in [-0.3, -0.25) is 14.6 Å². The lowest BCUT2D eigenvalue weighted by Crippen LogP contribution is -2.52. The van der Waals surface area contributed by atoms with E-state index < -0.39 is 0 Å². The van der Waals surface area contributed by atoms with Crippen molar-refractivity contribution in [1.29, 1.82) is 0 Å². The van der Waals surface area contributed by atoms with Crippen LogP contribution in [0.5, 0.6) is 0 Å². The Hall–Kier alpha value is -2.70. The van der Waals surface area contributed by atoms with Crippen molar-refractivity contribution in [1.82, 2.24) is 19.9 Å². The number of aromatic nitrogens is 2. The maximum atomic E-state index is 12.8. The van der Waals surface area contributed by atoms with E-state index >= 15 is 0 Å². The Morgan fingerprint density at radius 1 is 1.28 bits per heavy atom. The van der Waals surface area contributed by atoms with Crippen LogP contribution in [0, 0.1) is 0 Å². The molecule has 1 unspecified atom stereocenters. The predicted molar refractivity (Wildman–Crippen MR) is 88.7 cm³/mol. The SMILES string of the molecule is CN1C(=O)C(c2cccnc2)CC12CCN(C(=O)c1ccno1)CC2. The third-order valence-electron chi connectivity index (χ3n) is 5.64. The number of nitrogens with zero attached hydrogens (tertiary/aromatic N) is 4. The molecule has 2 aliphatic rings. The van der Waals surface area contributed by atoms with Crippen LogP contribution in [-0.4, -0.2) is 57.4 Å². The normalized spacial score (nSPS) is 22.6. The molecule has 4 rings (SSSR count). The molecule has 130 valence electrons. The topological polar surface area (TPSA) is 79.5 Å². The first-order valence-electron chi connectivity index (χ1n) is 8.48. The molecular formula is C18H20N4O3. The molecule has 7 nitrogen and oxygen atoms in total. The van der Waals surface area contributed by atoms with Crippen molar-refractivity contribution in [2.24, 2.45) is 0 Å². The number of pyridine rings is 1. The van der Waals surface area contributed by atoms with Crippen LogP contribution in [0.15, 0.2) is 41.3 Å². The number of piperidine rings is 1. The van der Waals surface area contributed by atoms with Gasteiger partial charge in [0.2, 0.25) is 11.7 Å². The summed E-state index contributed by atoms with van der Waals surface area (Å²) in [5, 5.41) is 3.59. The van der Waals surface area contributed by atoms with Crippen LogP contribution in [0.1, 0.15) is 41.3 Å². The van der Waals surface area contributed by atoms with Crippen molar-refractivity contribution in [2.75, 3.05) is 20.1 Å². The molecule has 2 saturated heterocycles. The zero-order valence-electron chi connectivity index (χ0n) is 14.1. The highest BCUT2D eigenvalue weighted by Gasteiger charge is 2.51. The Morgan fingerprint density at radius 2 is 2.08 bits per heavy atom. The number of rotatable bonds is 2. The van der Waals surface area contributed by atoms with Crippen LogP contribution in [0.25, 0.3) is 0 Å². The van der Waals surface area contributed by atoms with Gasteiger partial charge in [-0.15, -0.1) is 0 Å². The van der Waals surface area contributed by atoms with Gasteiger partial charge in [-0.25, -0.2) is 0 Å². The minimum absolute atomic E-state index is 0.136. The second-order valence-electron chi connectivity index (χ2n) is 6.83. The van der Waals surface area contributed by atoms with Crippen LogP contribution >= 0.6 is 0 Å². The van der Waals surface area contributed by atoms with Crippen LogP contribution < -0.4 is 0 Å². The molecule has 1 spiro atoms. The average molecular weight is 340 g/mol. The van der Waals surface area contributed by atoms with E-state index in [2.05, 4.69) is 10.1 Å². The predicted octanol–water partition coefficient (Wildman–Crippen LogP) is 1.69. The Labute approximate surface area is 145 Å². The quantitative estimate of drug-likeness (QED) is 0.831. The molecule has 0 N–H and O–H groups in total. The summed E-state index contributed by atoms with van der Waals surface area (Å²) in [6.07, 6.45) is 7.28. The van der Waals surface area contributed by atoms with Crippen molar-refractivity contribution in [3.63, 3.8) is 0 Å². The molecular weight excluding hydrogens is 320 g/mol. The van der Waals surface area contributed by atoms with Gasteiger partial charge in [-0.2, -0.15) is 0 Å². The van der Waals surface area contributed by atoms with Crippen LogP contribution in [-0.2, 0) is 4.79 Å². The van der Waals surface area contributed by atoms with Gasteiger partial charge < -0.3 is 14.3 Å². The molecule has 0 bridgehead atoms. The molecule has 2 amide bonds. The van der Waals surface area contributed by atoms with Gasteiger partial charge in [0, 0.05) is 44.1 Å². The fourth-order valence-corrected chi connectivity index (χ4v) is 4.06. The fourth-order valence-electron chi connectivity index (χ4n) is 4.06. The van der Waals surface area contributed by atoms with E-state index in [9.17, 15) is 9.59 Å². The first-order chi connectivity index (χ1) is 12.1. The number of likely N-dealkylation sites (N-methyl/N-ethyl adjacent to an activating group) is 1. The molecule has 4 heterocycles. The molecule has 2 aromatic rings. The van der Waals surface area contributed by atoms with Crippen LogP contribution in [0.4, 0.5) is 0 Å². The summed E-state index contributed by atoms with van der Waals surface area (Å²) < 4.78 is 4.97. The van der Waals surface area contributed by atoms with E-state index in [4.69, 9.17) is 4.52 Å². The Kier molecular flexibility index (Phi) is 3.78. The summed E-state index contributed by atoms with van der Waals surface area (Å²) in [5.41, 5.74) is 0.784. The summed E-state index contributed by atoms with van der Waals surface area (Å²) >= 11 is 0. The zero-order valence-corrected chi connectivity index (χ0v) is 14.1. The first kappa shape index (κ1) is 15.8. The molecule has 2 aromatic heterocycles. The molecule has 1 atom stereocenters. The summed E-state index contributed by atoms with van der Waals surface area (Å²) in [5.74, 6) is 0.126. The zero-order chi connectivity index (χ0) is 17.4. The van der Waals surface area contributed by atoms with Gasteiger partial charge in [-0.05, 0) is 30.9 Å². The first-order valence-corrected chi connectivity index (χ1v) is 8.48. The number of carbonyl (C=O) groups is 2.